The maximum absolute atomic E-state index is 12.2. The van der Waals surface area contributed by atoms with E-state index in [1.807, 2.05) is 54.9 Å². The Bertz CT molecular complexity index is 899. The molecule has 2 N–H and O–H groups in total. The molecule has 1 aliphatic heterocycles. The van der Waals surface area contributed by atoms with Crippen molar-refractivity contribution < 1.29 is 9.53 Å². The molecular formula is C20H22N4O2. The third-order valence-electron chi connectivity index (χ3n) is 4.55. The van der Waals surface area contributed by atoms with Crippen molar-refractivity contribution in [3.05, 3.63) is 66.1 Å². The van der Waals surface area contributed by atoms with Gasteiger partial charge >= 0.3 is 0 Å². The Labute approximate surface area is 152 Å². The maximum atomic E-state index is 12.2. The lowest BCUT2D eigenvalue weighted by Crippen LogP contribution is -2.26. The van der Waals surface area contributed by atoms with Crippen LogP contribution in [0.2, 0.25) is 0 Å². The summed E-state index contributed by atoms with van der Waals surface area (Å²) in [6.45, 7) is 2.10. The van der Waals surface area contributed by atoms with Gasteiger partial charge < -0.3 is 19.8 Å². The third-order valence-corrected chi connectivity index (χ3v) is 4.55. The Hall–Kier alpha value is -2.70. The Kier molecular flexibility index (Phi) is 4.95. The van der Waals surface area contributed by atoms with Crippen molar-refractivity contribution in [3.63, 3.8) is 0 Å². The molecule has 0 bridgehead atoms. The summed E-state index contributed by atoms with van der Waals surface area (Å²) in [6.07, 6.45) is 5.34. The first kappa shape index (κ1) is 16.8. The molecule has 1 aliphatic rings. The molecule has 6 heteroatoms. The van der Waals surface area contributed by atoms with Crippen LogP contribution in [0.3, 0.4) is 0 Å². The Morgan fingerprint density at radius 1 is 1.23 bits per heavy atom. The second kappa shape index (κ2) is 7.68. The average Bonchev–Trinajstić information content (AvgIpc) is 3.32. The molecule has 0 aliphatic carbocycles. The smallest absolute Gasteiger partial charge is 0.253 e. The Morgan fingerprint density at radius 3 is 3.08 bits per heavy atom. The monoisotopic (exact) mass is 350 g/mol. The Balaban J connectivity index is 1.34. The first-order chi connectivity index (χ1) is 12.8. The molecule has 4 rings (SSSR count). The van der Waals surface area contributed by atoms with Crippen molar-refractivity contribution >= 4 is 17.2 Å². The number of hydrogen-bond acceptors (Lipinski definition) is 4. The average molecular weight is 350 g/mol. The van der Waals surface area contributed by atoms with Crippen molar-refractivity contribution in [3.8, 4) is 0 Å². The van der Waals surface area contributed by atoms with Gasteiger partial charge in [0, 0.05) is 31.6 Å². The highest BCUT2D eigenvalue weighted by atomic mass is 16.5. The zero-order valence-corrected chi connectivity index (χ0v) is 14.5. The van der Waals surface area contributed by atoms with E-state index in [0.717, 1.165) is 42.0 Å². The minimum absolute atomic E-state index is 0.0571. The second-order valence-corrected chi connectivity index (χ2v) is 6.47. The number of rotatable bonds is 6. The van der Waals surface area contributed by atoms with Crippen LogP contribution in [0.4, 0.5) is 5.69 Å². The number of carbonyl (C=O) groups excluding carboxylic acids is 1. The van der Waals surface area contributed by atoms with E-state index in [1.165, 1.54) is 0 Å². The number of amides is 1. The predicted octanol–water partition coefficient (Wildman–Crippen LogP) is 2.74. The van der Waals surface area contributed by atoms with E-state index >= 15 is 0 Å². The van der Waals surface area contributed by atoms with Gasteiger partial charge in [-0.1, -0.05) is 18.2 Å². The summed E-state index contributed by atoms with van der Waals surface area (Å²) >= 11 is 0. The zero-order chi connectivity index (χ0) is 17.8. The van der Waals surface area contributed by atoms with Gasteiger partial charge in [-0.05, 0) is 42.7 Å². The molecule has 1 aromatic carbocycles. The van der Waals surface area contributed by atoms with E-state index in [9.17, 15) is 4.79 Å². The molecule has 1 atom stereocenters. The first-order valence-electron chi connectivity index (χ1n) is 8.93. The largest absolute Gasteiger partial charge is 0.368 e. The fraction of sp³-hybridized carbons (Fsp3) is 0.300. The minimum atomic E-state index is -0.313. The zero-order valence-electron chi connectivity index (χ0n) is 14.5. The van der Waals surface area contributed by atoms with Crippen molar-refractivity contribution in [1.29, 1.82) is 0 Å². The molecule has 0 spiro atoms. The molecule has 0 radical (unpaired) electrons. The highest BCUT2D eigenvalue weighted by molar-refractivity contribution is 5.94. The van der Waals surface area contributed by atoms with Gasteiger partial charge in [0.25, 0.3) is 5.91 Å². The van der Waals surface area contributed by atoms with Crippen LogP contribution >= 0.6 is 0 Å². The number of nitrogens with one attached hydrogen (secondary N) is 2. The number of hydrogen-bond donors (Lipinski definition) is 2. The lowest BCUT2D eigenvalue weighted by Gasteiger charge is -2.12. The van der Waals surface area contributed by atoms with Gasteiger partial charge in [-0.25, -0.2) is 4.98 Å². The van der Waals surface area contributed by atoms with E-state index in [4.69, 9.17) is 4.74 Å². The van der Waals surface area contributed by atoms with Gasteiger partial charge in [-0.2, -0.15) is 0 Å². The highest BCUT2D eigenvalue weighted by Crippen LogP contribution is 2.16. The molecule has 3 heterocycles. The summed E-state index contributed by atoms with van der Waals surface area (Å²) in [5.41, 5.74) is 3.98. The van der Waals surface area contributed by atoms with Crippen molar-refractivity contribution in [2.45, 2.75) is 32.0 Å². The number of pyridine rings is 1. The second-order valence-electron chi connectivity index (χ2n) is 6.47. The van der Waals surface area contributed by atoms with Gasteiger partial charge in [0.2, 0.25) is 0 Å². The molecule has 0 unspecified atom stereocenters. The number of aromatic nitrogens is 2. The number of anilines is 1. The molecule has 1 amide bonds. The molecule has 0 saturated carbocycles. The van der Waals surface area contributed by atoms with Gasteiger partial charge in [0.15, 0.2) is 0 Å². The summed E-state index contributed by atoms with van der Waals surface area (Å²) in [5.74, 6) is -0.0571. The molecule has 1 fully saturated rings. The molecule has 1 saturated heterocycles. The number of imidazole rings is 1. The maximum Gasteiger partial charge on any atom is 0.253 e. The van der Waals surface area contributed by atoms with Crippen LogP contribution in [0.15, 0.2) is 54.9 Å². The summed E-state index contributed by atoms with van der Waals surface area (Å²) < 4.78 is 7.50. The normalized spacial score (nSPS) is 16.8. The van der Waals surface area contributed by atoms with Gasteiger partial charge in [0.1, 0.15) is 11.8 Å². The van der Waals surface area contributed by atoms with Gasteiger partial charge in [-0.3, -0.25) is 4.79 Å². The molecule has 3 aromatic rings. The lowest BCUT2D eigenvalue weighted by atomic mass is 10.2. The van der Waals surface area contributed by atoms with Crippen molar-refractivity contribution in [2.24, 2.45) is 0 Å². The topological polar surface area (TPSA) is 67.7 Å². The van der Waals surface area contributed by atoms with E-state index < -0.39 is 0 Å². The van der Waals surface area contributed by atoms with Crippen LogP contribution in [0.25, 0.3) is 5.65 Å². The fourth-order valence-electron chi connectivity index (χ4n) is 3.22. The van der Waals surface area contributed by atoms with Crippen LogP contribution in [0, 0.1) is 0 Å². The first-order valence-corrected chi connectivity index (χ1v) is 8.93. The number of fused-ring (bicyclic) bond motifs is 1. The number of benzene rings is 1. The third kappa shape index (κ3) is 3.76. The van der Waals surface area contributed by atoms with Crippen LogP contribution in [0.1, 0.15) is 24.1 Å². The van der Waals surface area contributed by atoms with Crippen LogP contribution < -0.4 is 10.6 Å². The van der Waals surface area contributed by atoms with Crippen LogP contribution in [0.5, 0.6) is 0 Å². The number of carbonyl (C=O) groups is 1. The molecule has 134 valence electrons. The molecule has 2 aromatic heterocycles. The number of nitrogens with zero attached hydrogens (tertiary/aromatic N) is 2. The van der Waals surface area contributed by atoms with E-state index in [1.54, 1.807) is 0 Å². The standard InChI is InChI=1S/C20H22N4O2/c25-20(18-7-4-10-26-18)23-16-6-3-5-15(11-16)12-21-13-17-14-22-19-8-1-2-9-24(17)19/h1-3,5-6,8-9,11,14,18,21H,4,7,10,12-13H2,(H,23,25)/t18-/m1/s1. The Morgan fingerprint density at radius 2 is 2.19 bits per heavy atom. The fourth-order valence-corrected chi connectivity index (χ4v) is 3.22. The SMILES string of the molecule is O=C(Nc1cccc(CNCc2cnc3ccccn23)c1)[C@H]1CCCO1. The highest BCUT2D eigenvalue weighted by Gasteiger charge is 2.23. The van der Waals surface area contributed by atoms with E-state index in [0.29, 0.717) is 13.2 Å². The van der Waals surface area contributed by atoms with Crippen molar-refractivity contribution in [1.82, 2.24) is 14.7 Å². The minimum Gasteiger partial charge on any atom is -0.368 e. The van der Waals surface area contributed by atoms with E-state index in [-0.39, 0.29) is 12.0 Å². The predicted molar refractivity (Wildman–Crippen MR) is 99.8 cm³/mol. The molecule has 26 heavy (non-hydrogen) atoms. The lowest BCUT2D eigenvalue weighted by molar-refractivity contribution is -0.124. The van der Waals surface area contributed by atoms with Gasteiger partial charge in [-0.15, -0.1) is 0 Å². The summed E-state index contributed by atoms with van der Waals surface area (Å²) in [6, 6.07) is 13.9. The quantitative estimate of drug-likeness (QED) is 0.717. The van der Waals surface area contributed by atoms with Crippen LogP contribution in [-0.2, 0) is 22.6 Å². The van der Waals surface area contributed by atoms with E-state index in [2.05, 4.69) is 20.0 Å². The molecule has 6 nitrogen and oxygen atoms in total. The summed E-state index contributed by atoms with van der Waals surface area (Å²) in [4.78, 5) is 16.6. The van der Waals surface area contributed by atoms with Crippen LogP contribution in [-0.4, -0.2) is 28.0 Å². The summed E-state index contributed by atoms with van der Waals surface area (Å²) in [5, 5.41) is 6.38. The molecular weight excluding hydrogens is 328 g/mol. The summed E-state index contributed by atoms with van der Waals surface area (Å²) in [7, 11) is 0. The number of ether oxygens (including phenoxy) is 1. The van der Waals surface area contributed by atoms with Crippen molar-refractivity contribution in [2.75, 3.05) is 11.9 Å². The van der Waals surface area contributed by atoms with Gasteiger partial charge in [0.05, 0.1) is 11.9 Å².